The van der Waals surface area contributed by atoms with Crippen LogP contribution < -0.4 is 20.3 Å². The molecule has 0 saturated heterocycles. The highest BCUT2D eigenvalue weighted by atomic mass is 16.5. The van der Waals surface area contributed by atoms with Crippen LogP contribution in [0.25, 0.3) is 0 Å². The van der Waals surface area contributed by atoms with Gasteiger partial charge in [-0.1, -0.05) is 18.2 Å². The summed E-state index contributed by atoms with van der Waals surface area (Å²) in [6, 6.07) is 17.0. The second kappa shape index (κ2) is 9.05. The van der Waals surface area contributed by atoms with Gasteiger partial charge in [0.1, 0.15) is 23.1 Å². The number of rotatable bonds is 7. The third-order valence-electron chi connectivity index (χ3n) is 4.36. The summed E-state index contributed by atoms with van der Waals surface area (Å²) in [5.74, 6) is 1.61. The summed E-state index contributed by atoms with van der Waals surface area (Å²) in [6.45, 7) is 2.28. The maximum Gasteiger partial charge on any atom is 0.274 e. The maximum atomic E-state index is 12.7. The Morgan fingerprint density at radius 1 is 1.07 bits per heavy atom. The normalized spacial score (nSPS) is 10.3. The van der Waals surface area contributed by atoms with Gasteiger partial charge in [-0.3, -0.25) is 4.79 Å². The van der Waals surface area contributed by atoms with Gasteiger partial charge in [0.25, 0.3) is 5.91 Å². The van der Waals surface area contributed by atoms with Gasteiger partial charge >= 0.3 is 0 Å². The molecule has 0 unspecified atom stereocenters. The number of ether oxygens (including phenoxy) is 1. The number of aromatic nitrogens is 2. The number of aryl methyl sites for hydroxylation is 1. The first-order valence-electron chi connectivity index (χ1n) is 9.26. The summed E-state index contributed by atoms with van der Waals surface area (Å²) in [4.78, 5) is 23.3. The molecule has 2 N–H and O–H groups in total. The molecular weight excluding hydrogens is 366 g/mol. The van der Waals surface area contributed by atoms with Crippen LogP contribution >= 0.6 is 0 Å². The summed E-state index contributed by atoms with van der Waals surface area (Å²) in [7, 11) is 5.58. The molecule has 0 aliphatic rings. The average molecular weight is 391 g/mol. The first-order chi connectivity index (χ1) is 14.0. The Morgan fingerprint density at radius 3 is 2.48 bits per heavy atom. The maximum absolute atomic E-state index is 12.7. The fraction of sp³-hybridized carbons (Fsp3) is 0.227. The van der Waals surface area contributed by atoms with Crippen molar-refractivity contribution in [2.75, 3.05) is 36.7 Å². The minimum Gasteiger partial charge on any atom is -0.496 e. The van der Waals surface area contributed by atoms with Gasteiger partial charge in [0.2, 0.25) is 0 Å². The van der Waals surface area contributed by atoms with E-state index in [-0.39, 0.29) is 5.91 Å². The van der Waals surface area contributed by atoms with Crippen molar-refractivity contribution < 1.29 is 9.53 Å². The zero-order valence-corrected chi connectivity index (χ0v) is 17.1. The van der Waals surface area contributed by atoms with Crippen molar-refractivity contribution in [1.82, 2.24) is 9.97 Å². The second-order valence-corrected chi connectivity index (χ2v) is 6.75. The molecule has 3 rings (SSSR count). The Kier molecular flexibility index (Phi) is 6.29. The molecule has 0 aliphatic heterocycles. The molecule has 0 radical (unpaired) electrons. The number of anilines is 3. The van der Waals surface area contributed by atoms with Gasteiger partial charge in [-0.2, -0.15) is 0 Å². The van der Waals surface area contributed by atoms with Crippen LogP contribution in [0.15, 0.2) is 54.6 Å². The number of nitrogens with zero attached hydrogens (tertiary/aromatic N) is 3. The molecule has 0 saturated carbocycles. The van der Waals surface area contributed by atoms with E-state index in [4.69, 9.17) is 4.74 Å². The van der Waals surface area contributed by atoms with Gasteiger partial charge in [0.15, 0.2) is 0 Å². The molecule has 1 heterocycles. The average Bonchev–Trinajstić information content (AvgIpc) is 2.72. The van der Waals surface area contributed by atoms with E-state index in [1.54, 1.807) is 20.1 Å². The predicted molar refractivity (Wildman–Crippen MR) is 116 cm³/mol. The Bertz CT molecular complexity index is 987. The number of amides is 1. The summed E-state index contributed by atoms with van der Waals surface area (Å²) in [6.07, 6.45) is 0. The first kappa shape index (κ1) is 20.1. The zero-order valence-electron chi connectivity index (χ0n) is 17.1. The van der Waals surface area contributed by atoms with Gasteiger partial charge < -0.3 is 20.3 Å². The number of carbonyl (C=O) groups is 1. The highest BCUT2D eigenvalue weighted by molar-refractivity contribution is 6.03. The molecule has 1 aromatic heterocycles. The van der Waals surface area contributed by atoms with E-state index in [0.717, 1.165) is 17.0 Å². The van der Waals surface area contributed by atoms with E-state index in [1.165, 1.54) is 0 Å². The van der Waals surface area contributed by atoms with Gasteiger partial charge in [-0.15, -0.1) is 0 Å². The lowest BCUT2D eigenvalue weighted by molar-refractivity contribution is 0.102. The lowest BCUT2D eigenvalue weighted by Crippen LogP contribution is -2.16. The monoisotopic (exact) mass is 391 g/mol. The van der Waals surface area contributed by atoms with E-state index in [2.05, 4.69) is 20.6 Å². The minimum atomic E-state index is -0.284. The molecule has 7 nitrogen and oxygen atoms in total. The largest absolute Gasteiger partial charge is 0.496 e. The number of hydrogen-bond donors (Lipinski definition) is 2. The van der Waals surface area contributed by atoms with Crippen LogP contribution in [0, 0.1) is 6.92 Å². The van der Waals surface area contributed by atoms with Gasteiger partial charge in [0, 0.05) is 43.6 Å². The van der Waals surface area contributed by atoms with Crippen molar-refractivity contribution in [3.05, 3.63) is 71.7 Å². The second-order valence-electron chi connectivity index (χ2n) is 6.75. The molecule has 29 heavy (non-hydrogen) atoms. The fourth-order valence-corrected chi connectivity index (χ4v) is 2.85. The van der Waals surface area contributed by atoms with E-state index in [0.29, 0.717) is 29.6 Å². The molecule has 0 atom stereocenters. The van der Waals surface area contributed by atoms with Crippen LogP contribution in [0.3, 0.4) is 0 Å². The van der Waals surface area contributed by atoms with Crippen molar-refractivity contribution in [2.45, 2.75) is 13.5 Å². The predicted octanol–water partition coefficient (Wildman–Crippen LogP) is 3.72. The van der Waals surface area contributed by atoms with Crippen molar-refractivity contribution >= 4 is 23.1 Å². The number of methoxy groups -OCH3 is 1. The van der Waals surface area contributed by atoms with E-state index >= 15 is 0 Å². The summed E-state index contributed by atoms with van der Waals surface area (Å²) >= 11 is 0. The molecule has 150 valence electrons. The number of nitrogens with one attached hydrogen (secondary N) is 2. The van der Waals surface area contributed by atoms with Gasteiger partial charge in [0.05, 0.1) is 7.11 Å². The van der Waals surface area contributed by atoms with E-state index in [9.17, 15) is 4.79 Å². The minimum absolute atomic E-state index is 0.284. The van der Waals surface area contributed by atoms with Crippen molar-refractivity contribution in [2.24, 2.45) is 0 Å². The van der Waals surface area contributed by atoms with E-state index in [1.807, 2.05) is 67.5 Å². The lowest BCUT2D eigenvalue weighted by atomic mass is 10.2. The molecule has 0 bridgehead atoms. The smallest absolute Gasteiger partial charge is 0.274 e. The highest BCUT2D eigenvalue weighted by Crippen LogP contribution is 2.19. The quantitative estimate of drug-likeness (QED) is 0.639. The standard InChI is InChI=1S/C22H25N5O2/c1-15-24-19(22(28)26-17-9-11-18(12-10-17)27(2)3)13-21(25-15)23-14-16-7-5-6-8-20(16)29-4/h5-13H,14H2,1-4H3,(H,26,28)(H,23,24,25). The Labute approximate surface area is 170 Å². The SMILES string of the molecule is COc1ccccc1CNc1cc(C(=O)Nc2ccc(N(C)C)cc2)nc(C)n1. The van der Waals surface area contributed by atoms with Crippen LogP contribution in [0.1, 0.15) is 21.9 Å². The van der Waals surface area contributed by atoms with Crippen LogP contribution in [0.4, 0.5) is 17.2 Å². The number of benzene rings is 2. The third-order valence-corrected chi connectivity index (χ3v) is 4.36. The molecule has 0 aliphatic carbocycles. The van der Waals surface area contributed by atoms with Crippen LogP contribution in [0.5, 0.6) is 5.75 Å². The summed E-state index contributed by atoms with van der Waals surface area (Å²) in [5.41, 5.74) is 3.07. The Balaban J connectivity index is 1.71. The zero-order chi connectivity index (χ0) is 20.8. The molecule has 7 heteroatoms. The van der Waals surface area contributed by atoms with Crippen LogP contribution in [-0.4, -0.2) is 37.1 Å². The van der Waals surface area contributed by atoms with E-state index < -0.39 is 0 Å². The molecule has 0 fully saturated rings. The van der Waals surface area contributed by atoms with Gasteiger partial charge in [-0.25, -0.2) is 9.97 Å². The van der Waals surface area contributed by atoms with Gasteiger partial charge in [-0.05, 0) is 37.3 Å². The number of hydrogen-bond acceptors (Lipinski definition) is 6. The Hall–Kier alpha value is -3.61. The van der Waals surface area contributed by atoms with Crippen molar-refractivity contribution in [3.63, 3.8) is 0 Å². The molecule has 0 spiro atoms. The summed E-state index contributed by atoms with van der Waals surface area (Å²) < 4.78 is 5.37. The number of carbonyl (C=O) groups excluding carboxylic acids is 1. The first-order valence-corrected chi connectivity index (χ1v) is 9.26. The lowest BCUT2D eigenvalue weighted by Gasteiger charge is -2.13. The van der Waals surface area contributed by atoms with Crippen molar-refractivity contribution in [1.29, 1.82) is 0 Å². The molecule has 1 amide bonds. The molecule has 3 aromatic rings. The molecular formula is C22H25N5O2. The van der Waals surface area contributed by atoms with Crippen LogP contribution in [-0.2, 0) is 6.54 Å². The number of para-hydroxylation sites is 1. The van der Waals surface area contributed by atoms with Crippen molar-refractivity contribution in [3.8, 4) is 5.75 Å². The topological polar surface area (TPSA) is 79.4 Å². The highest BCUT2D eigenvalue weighted by Gasteiger charge is 2.12. The fourth-order valence-electron chi connectivity index (χ4n) is 2.85. The van der Waals surface area contributed by atoms with Crippen LogP contribution in [0.2, 0.25) is 0 Å². The molecule has 2 aromatic carbocycles. The summed E-state index contributed by atoms with van der Waals surface area (Å²) in [5, 5.41) is 6.11. The Morgan fingerprint density at radius 2 is 1.79 bits per heavy atom. The third kappa shape index (κ3) is 5.22.